The fraction of sp³-hybridized carbons (Fsp3) is 0.234. The smallest absolute Gasteiger partial charge is 0.149 e. The lowest BCUT2D eigenvalue weighted by Crippen LogP contribution is -2.58. The second kappa shape index (κ2) is 19.5. The van der Waals surface area contributed by atoms with Crippen LogP contribution >= 0.6 is 27.5 Å². The number of ether oxygens (including phenoxy) is 5. The van der Waals surface area contributed by atoms with Crippen molar-refractivity contribution in [3.63, 3.8) is 0 Å². The van der Waals surface area contributed by atoms with Gasteiger partial charge in [0, 0.05) is 5.56 Å². The van der Waals surface area contributed by atoms with Crippen molar-refractivity contribution in [1.29, 1.82) is 0 Å². The predicted octanol–water partition coefficient (Wildman–Crippen LogP) is 10.8. The third-order valence-corrected chi connectivity index (χ3v) is 11.0. The van der Waals surface area contributed by atoms with Crippen LogP contribution in [0.2, 0.25) is 5.02 Å². The maximum absolute atomic E-state index is 11.5. The molecular formula is C47H44BrClO6. The molecule has 7 rings (SSSR count). The van der Waals surface area contributed by atoms with Crippen molar-refractivity contribution in [3.05, 3.63) is 206 Å². The standard InChI is InChI=1S/C47H44BrClO6/c48-41-39(27-38(42(49)43(41)50)26-33-16-6-1-7-17-33)44-46(53-30-36-22-12-4-13-23-36)47(54-31-37-24-14-5-15-25-37)45(52-29-35-20-10-3-11-21-35)40(55-44)32-51-28-34-18-8-2-9-19-34/h1-25,27,40,44-47,50H,26,28-32H2/t40-,44+,45-,46+,47+/m1/s1. The molecule has 1 heterocycles. The van der Waals surface area contributed by atoms with Crippen LogP contribution in [0.25, 0.3) is 0 Å². The van der Waals surface area contributed by atoms with Gasteiger partial charge in [-0.1, -0.05) is 163 Å². The van der Waals surface area contributed by atoms with E-state index < -0.39 is 30.5 Å². The van der Waals surface area contributed by atoms with Crippen molar-refractivity contribution in [2.75, 3.05) is 6.61 Å². The SMILES string of the molecule is Oc1c(Cl)c(Cc2ccccc2)cc([C@@H]2O[C@H](COCc3ccccc3)[C@@H](OCc3ccccc3)[C@H](OCc3ccccc3)[C@H]2OCc2ccccc2)c1Br. The lowest BCUT2D eigenvalue weighted by atomic mass is 9.89. The van der Waals surface area contributed by atoms with Crippen molar-refractivity contribution < 1.29 is 28.8 Å². The van der Waals surface area contributed by atoms with Crippen LogP contribution in [-0.4, -0.2) is 36.1 Å². The molecule has 5 atom stereocenters. The van der Waals surface area contributed by atoms with Gasteiger partial charge in [0.05, 0.1) is 42.5 Å². The average molecular weight is 820 g/mol. The minimum atomic E-state index is -0.724. The van der Waals surface area contributed by atoms with E-state index in [-0.39, 0.29) is 17.4 Å². The first-order valence-corrected chi connectivity index (χ1v) is 19.7. The monoisotopic (exact) mass is 818 g/mol. The molecule has 6 nitrogen and oxygen atoms in total. The first kappa shape index (κ1) is 38.9. The molecule has 6 aromatic rings. The Morgan fingerprint density at radius 2 is 0.964 bits per heavy atom. The van der Waals surface area contributed by atoms with Crippen LogP contribution in [0.3, 0.4) is 0 Å². The lowest BCUT2D eigenvalue weighted by molar-refractivity contribution is -0.275. The largest absolute Gasteiger partial charge is 0.505 e. The average Bonchev–Trinajstić information content (AvgIpc) is 3.24. The van der Waals surface area contributed by atoms with E-state index in [2.05, 4.69) is 15.9 Å². The topological polar surface area (TPSA) is 66.4 Å². The summed E-state index contributed by atoms with van der Waals surface area (Å²) in [5.41, 5.74) is 6.59. The quantitative estimate of drug-likeness (QED) is 0.105. The third kappa shape index (κ3) is 10.3. The van der Waals surface area contributed by atoms with Crippen molar-refractivity contribution in [1.82, 2.24) is 0 Å². The summed E-state index contributed by atoms with van der Waals surface area (Å²) in [7, 11) is 0. The highest BCUT2D eigenvalue weighted by Gasteiger charge is 2.49. The lowest BCUT2D eigenvalue weighted by Gasteiger charge is -2.46. The summed E-state index contributed by atoms with van der Waals surface area (Å²) in [6, 6.07) is 52.3. The maximum atomic E-state index is 11.5. The van der Waals surface area contributed by atoms with Crippen molar-refractivity contribution >= 4 is 27.5 Å². The van der Waals surface area contributed by atoms with E-state index in [0.717, 1.165) is 33.4 Å². The molecule has 0 amide bonds. The van der Waals surface area contributed by atoms with Crippen LogP contribution in [0, 0.1) is 0 Å². The Bertz CT molecular complexity index is 2050. The Kier molecular flexibility index (Phi) is 13.8. The molecule has 1 fully saturated rings. The molecule has 0 saturated carbocycles. The zero-order chi connectivity index (χ0) is 37.8. The predicted molar refractivity (Wildman–Crippen MR) is 219 cm³/mol. The van der Waals surface area contributed by atoms with E-state index in [4.69, 9.17) is 35.3 Å². The van der Waals surface area contributed by atoms with Gasteiger partial charge in [-0.05, 0) is 61.8 Å². The highest BCUT2D eigenvalue weighted by atomic mass is 79.9. The molecule has 0 aromatic heterocycles. The molecular weight excluding hydrogens is 776 g/mol. The molecule has 6 aromatic carbocycles. The maximum Gasteiger partial charge on any atom is 0.149 e. The van der Waals surface area contributed by atoms with Gasteiger partial charge in [-0.3, -0.25) is 0 Å². The minimum Gasteiger partial charge on any atom is -0.505 e. The number of hydrogen-bond donors (Lipinski definition) is 1. The number of rotatable bonds is 16. The fourth-order valence-corrected chi connectivity index (χ4v) is 7.76. The molecule has 1 N–H and O–H groups in total. The van der Waals surface area contributed by atoms with Gasteiger partial charge in [0.2, 0.25) is 0 Å². The number of halogens is 2. The van der Waals surface area contributed by atoms with E-state index in [0.29, 0.717) is 42.9 Å². The molecule has 1 aliphatic rings. The molecule has 282 valence electrons. The normalized spacial score (nSPS) is 19.6. The Hall–Kier alpha value is -4.31. The molecule has 1 saturated heterocycles. The summed E-state index contributed by atoms with van der Waals surface area (Å²) in [4.78, 5) is 0. The first-order chi connectivity index (χ1) is 27.0. The number of aromatic hydroxyl groups is 1. The van der Waals surface area contributed by atoms with Crippen LogP contribution in [-0.2, 0) is 56.5 Å². The van der Waals surface area contributed by atoms with E-state index in [1.807, 2.05) is 158 Å². The molecule has 55 heavy (non-hydrogen) atoms. The molecule has 1 aliphatic heterocycles. The van der Waals surface area contributed by atoms with Gasteiger partial charge in [0.25, 0.3) is 0 Å². The summed E-state index contributed by atoms with van der Waals surface area (Å²) in [5.74, 6) is -0.0587. The van der Waals surface area contributed by atoms with Gasteiger partial charge in [-0.15, -0.1) is 0 Å². The van der Waals surface area contributed by atoms with Crippen LogP contribution in [0.5, 0.6) is 5.75 Å². The summed E-state index contributed by atoms with van der Waals surface area (Å²) in [5, 5.41) is 11.8. The minimum absolute atomic E-state index is 0.0587. The van der Waals surface area contributed by atoms with Crippen LogP contribution in [0.1, 0.15) is 45.0 Å². The van der Waals surface area contributed by atoms with Gasteiger partial charge in [-0.2, -0.15) is 0 Å². The van der Waals surface area contributed by atoms with Gasteiger partial charge in [0.1, 0.15) is 36.3 Å². The Morgan fingerprint density at radius 1 is 0.545 bits per heavy atom. The zero-order valence-corrected chi connectivity index (χ0v) is 32.7. The van der Waals surface area contributed by atoms with Crippen LogP contribution < -0.4 is 0 Å². The molecule has 0 radical (unpaired) electrons. The number of phenols is 1. The van der Waals surface area contributed by atoms with E-state index >= 15 is 0 Å². The second-order valence-corrected chi connectivity index (χ2v) is 14.8. The summed E-state index contributed by atoms with van der Waals surface area (Å²) in [6.45, 7) is 1.56. The highest BCUT2D eigenvalue weighted by molar-refractivity contribution is 9.10. The Labute approximate surface area is 336 Å². The number of hydrogen-bond acceptors (Lipinski definition) is 6. The molecule has 0 bridgehead atoms. The second-order valence-electron chi connectivity index (χ2n) is 13.6. The van der Waals surface area contributed by atoms with Gasteiger partial charge >= 0.3 is 0 Å². The summed E-state index contributed by atoms with van der Waals surface area (Å²) in [6.07, 6.45) is -2.71. The van der Waals surface area contributed by atoms with E-state index in [1.54, 1.807) is 0 Å². The summed E-state index contributed by atoms with van der Waals surface area (Å²) < 4.78 is 34.7. The highest BCUT2D eigenvalue weighted by Crippen LogP contribution is 2.46. The van der Waals surface area contributed by atoms with Gasteiger partial charge < -0.3 is 28.8 Å². The fourth-order valence-electron chi connectivity index (χ4n) is 6.89. The van der Waals surface area contributed by atoms with Gasteiger partial charge in [-0.25, -0.2) is 0 Å². The van der Waals surface area contributed by atoms with E-state index in [1.165, 1.54) is 0 Å². The number of phenolic OH excluding ortho intramolecular Hbond substituents is 1. The zero-order valence-electron chi connectivity index (χ0n) is 30.4. The third-order valence-electron chi connectivity index (χ3n) is 9.71. The Balaban J connectivity index is 1.30. The van der Waals surface area contributed by atoms with Crippen molar-refractivity contribution in [3.8, 4) is 5.75 Å². The Morgan fingerprint density at radius 3 is 1.45 bits per heavy atom. The molecule has 0 aliphatic carbocycles. The van der Waals surface area contributed by atoms with E-state index in [9.17, 15) is 5.11 Å². The molecule has 0 spiro atoms. The summed E-state index contributed by atoms with van der Waals surface area (Å²) >= 11 is 10.6. The molecule has 0 unspecified atom stereocenters. The number of benzene rings is 6. The van der Waals surface area contributed by atoms with Crippen LogP contribution in [0.4, 0.5) is 0 Å². The van der Waals surface area contributed by atoms with Crippen molar-refractivity contribution in [2.24, 2.45) is 0 Å². The van der Waals surface area contributed by atoms with Gasteiger partial charge in [0.15, 0.2) is 0 Å². The first-order valence-electron chi connectivity index (χ1n) is 18.5. The van der Waals surface area contributed by atoms with Crippen molar-refractivity contribution in [2.45, 2.75) is 63.4 Å². The molecule has 8 heteroatoms. The van der Waals surface area contributed by atoms with Crippen LogP contribution in [0.15, 0.2) is 162 Å².